The Morgan fingerprint density at radius 3 is 2.48 bits per heavy atom. The van der Waals surface area contributed by atoms with Gasteiger partial charge in [0, 0.05) is 6.42 Å². The van der Waals surface area contributed by atoms with E-state index >= 15 is 0 Å². The molecule has 0 saturated heterocycles. The largest absolute Gasteiger partial charge is 0.488 e. The van der Waals surface area contributed by atoms with Gasteiger partial charge in [0.2, 0.25) is 0 Å². The van der Waals surface area contributed by atoms with Crippen molar-refractivity contribution in [2.24, 2.45) is 0 Å². The Balaban J connectivity index is 1.96. The molecule has 3 atom stereocenters. The fourth-order valence-electron chi connectivity index (χ4n) is 1.93. The van der Waals surface area contributed by atoms with Crippen LogP contribution in [0.3, 0.4) is 0 Å². The Morgan fingerprint density at radius 1 is 1.19 bits per heavy atom. The van der Waals surface area contributed by atoms with Crippen molar-refractivity contribution in [3.63, 3.8) is 0 Å². The second-order valence-corrected chi connectivity index (χ2v) is 9.96. The van der Waals surface area contributed by atoms with Gasteiger partial charge in [-0.1, -0.05) is 0 Å². The monoisotopic (exact) mass is 447 g/mol. The molecule has 0 aromatic carbocycles. The number of imidazole rings is 1. The molecule has 0 aliphatic carbocycles. The summed E-state index contributed by atoms with van der Waals surface area (Å²) < 4.78 is 47.5. The highest BCUT2D eigenvalue weighted by molar-refractivity contribution is 7.68. The van der Waals surface area contributed by atoms with E-state index in [1.165, 1.54) is 24.0 Å². The smallest absolute Gasteiger partial charge is 0.381 e. The Morgan fingerprint density at radius 2 is 1.85 bits per heavy atom. The highest BCUT2D eigenvalue weighted by Gasteiger charge is 2.39. The van der Waals surface area contributed by atoms with E-state index in [4.69, 9.17) is 25.2 Å². The molecule has 27 heavy (non-hydrogen) atoms. The predicted octanol–water partition coefficient (Wildman–Crippen LogP) is 0.0233. The maximum atomic E-state index is 11.8. The predicted molar refractivity (Wildman–Crippen MR) is 88.2 cm³/mol. The van der Waals surface area contributed by atoms with E-state index in [1.807, 2.05) is 0 Å². The number of anilines is 1. The summed E-state index contributed by atoms with van der Waals surface area (Å²) in [7, 11) is -15.8. The molecule has 0 saturated carbocycles. The number of nitrogens with zero attached hydrogens (tertiary/aromatic N) is 4. The van der Waals surface area contributed by atoms with Crippen molar-refractivity contribution in [3.05, 3.63) is 18.2 Å². The van der Waals surface area contributed by atoms with E-state index in [0.29, 0.717) is 11.3 Å². The summed E-state index contributed by atoms with van der Waals surface area (Å²) in [6.07, 6.45) is 1.08. The van der Waals surface area contributed by atoms with Crippen LogP contribution in [-0.4, -0.2) is 51.6 Å². The minimum atomic E-state index is -5.49. The standard InChI is InChI=1S/C9H16N5O10P3/c1-6(2-7-3-11-9-8(10)12-4-13-14(7)9)22-5-25(15,16)23-27(20,21)24-26(17,18)19/h3-4,6H,2,5H2,1H3,(H,15,16)(H,20,21)(H2,10,12,13)(H2,17,18,19). The van der Waals surface area contributed by atoms with Gasteiger partial charge in [-0.05, 0) is 6.92 Å². The van der Waals surface area contributed by atoms with E-state index in [-0.39, 0.29) is 12.2 Å². The van der Waals surface area contributed by atoms with E-state index < -0.39 is 35.7 Å². The number of nitrogens with two attached hydrogens (primary N) is 1. The molecule has 0 aliphatic rings. The number of hydrogen-bond donors (Lipinski definition) is 5. The zero-order chi connectivity index (χ0) is 20.5. The van der Waals surface area contributed by atoms with E-state index in [0.717, 1.165) is 0 Å². The number of ether oxygens (including phenoxy) is 1. The van der Waals surface area contributed by atoms with Gasteiger partial charge in [-0.15, -0.1) is 0 Å². The first-order chi connectivity index (χ1) is 12.3. The molecule has 2 aromatic rings. The molecular formula is C9H16N5O10P3. The minimum Gasteiger partial charge on any atom is -0.381 e. The molecule has 0 spiro atoms. The van der Waals surface area contributed by atoms with E-state index in [9.17, 15) is 18.6 Å². The Hall–Kier alpha value is -1.24. The molecule has 15 nitrogen and oxygen atoms in total. The van der Waals surface area contributed by atoms with Crippen molar-refractivity contribution in [1.82, 2.24) is 19.6 Å². The second kappa shape index (κ2) is 8.02. The van der Waals surface area contributed by atoms with Crippen molar-refractivity contribution < 1.29 is 46.6 Å². The number of nitrogen functional groups attached to an aromatic ring is 1. The third-order valence-electron chi connectivity index (χ3n) is 2.86. The van der Waals surface area contributed by atoms with Crippen LogP contribution in [0.15, 0.2) is 12.5 Å². The summed E-state index contributed by atoms with van der Waals surface area (Å²) in [5, 5.41) is 3.96. The second-order valence-electron chi connectivity index (χ2n) is 5.20. The van der Waals surface area contributed by atoms with Gasteiger partial charge in [-0.3, -0.25) is 4.57 Å². The SMILES string of the molecule is CC(Cc1cnc2c(N)ncnn12)OCP(=O)(O)OP(=O)(O)OP(=O)(O)O. The summed E-state index contributed by atoms with van der Waals surface area (Å²) >= 11 is 0. The lowest BCUT2D eigenvalue weighted by atomic mass is 10.2. The van der Waals surface area contributed by atoms with Crippen LogP contribution in [0, 0.1) is 0 Å². The molecule has 0 fully saturated rings. The average molecular weight is 447 g/mol. The zero-order valence-corrected chi connectivity index (χ0v) is 16.3. The van der Waals surface area contributed by atoms with Crippen LogP contribution >= 0.6 is 23.2 Å². The van der Waals surface area contributed by atoms with Gasteiger partial charge in [0.1, 0.15) is 12.7 Å². The summed E-state index contributed by atoms with van der Waals surface area (Å²) in [5.74, 6) is 0.154. The molecule has 0 bridgehead atoms. The number of aromatic nitrogens is 4. The Kier molecular flexibility index (Phi) is 6.55. The lowest BCUT2D eigenvalue weighted by Gasteiger charge is -2.18. The van der Waals surface area contributed by atoms with Crippen LogP contribution in [0.25, 0.3) is 5.65 Å². The minimum absolute atomic E-state index is 0.154. The third-order valence-corrected chi connectivity index (χ3v) is 6.86. The van der Waals surface area contributed by atoms with E-state index in [1.54, 1.807) is 0 Å². The normalized spacial score (nSPS) is 18.1. The van der Waals surface area contributed by atoms with Crippen molar-refractivity contribution in [3.8, 4) is 0 Å². The fourth-order valence-corrected chi connectivity index (χ4v) is 5.31. The lowest BCUT2D eigenvalue weighted by molar-refractivity contribution is 0.0867. The van der Waals surface area contributed by atoms with Crippen LogP contribution in [0.4, 0.5) is 5.82 Å². The first-order valence-corrected chi connectivity index (χ1v) is 11.7. The molecule has 3 unspecified atom stereocenters. The molecule has 18 heteroatoms. The van der Waals surface area contributed by atoms with Gasteiger partial charge >= 0.3 is 23.2 Å². The maximum absolute atomic E-state index is 11.8. The van der Waals surface area contributed by atoms with Crippen LogP contribution in [-0.2, 0) is 33.5 Å². The van der Waals surface area contributed by atoms with Crippen molar-refractivity contribution >= 4 is 34.7 Å². The fraction of sp³-hybridized carbons (Fsp3) is 0.444. The van der Waals surface area contributed by atoms with Gasteiger partial charge in [0.25, 0.3) is 0 Å². The molecule has 152 valence electrons. The van der Waals surface area contributed by atoms with Crippen molar-refractivity contribution in [2.75, 3.05) is 12.1 Å². The first-order valence-electron chi connectivity index (χ1n) is 6.95. The molecule has 2 heterocycles. The molecule has 2 aromatic heterocycles. The van der Waals surface area contributed by atoms with E-state index in [2.05, 4.69) is 23.7 Å². The highest BCUT2D eigenvalue weighted by Crippen LogP contribution is 2.65. The van der Waals surface area contributed by atoms with Crippen LogP contribution < -0.4 is 5.73 Å². The summed E-state index contributed by atoms with van der Waals surface area (Å²) in [6, 6.07) is 0. The van der Waals surface area contributed by atoms with Gasteiger partial charge in [-0.2, -0.15) is 9.41 Å². The Bertz CT molecular complexity index is 959. The topological polar surface area (TPSA) is 229 Å². The highest BCUT2D eigenvalue weighted by atomic mass is 31.3. The summed E-state index contributed by atoms with van der Waals surface area (Å²) in [4.78, 5) is 43.4. The Labute approximate surface area is 151 Å². The number of phosphoric acid groups is 2. The van der Waals surface area contributed by atoms with Crippen molar-refractivity contribution in [1.29, 1.82) is 0 Å². The van der Waals surface area contributed by atoms with Gasteiger partial charge in [0.15, 0.2) is 11.5 Å². The maximum Gasteiger partial charge on any atom is 0.488 e. The number of fused-ring (bicyclic) bond motifs is 1. The zero-order valence-electron chi connectivity index (χ0n) is 13.6. The summed E-state index contributed by atoms with van der Waals surface area (Å²) in [5.41, 5.74) is 6.50. The molecule has 0 radical (unpaired) electrons. The van der Waals surface area contributed by atoms with Gasteiger partial charge < -0.3 is 30.0 Å². The van der Waals surface area contributed by atoms with Gasteiger partial charge in [-0.25, -0.2) is 27.9 Å². The quantitative estimate of drug-likeness (QED) is 0.319. The third kappa shape index (κ3) is 6.70. The van der Waals surface area contributed by atoms with Crippen molar-refractivity contribution in [2.45, 2.75) is 19.4 Å². The van der Waals surface area contributed by atoms with Crippen LogP contribution in [0.2, 0.25) is 0 Å². The first kappa shape index (κ1) is 22.1. The molecule has 0 aliphatic heterocycles. The van der Waals surface area contributed by atoms with Gasteiger partial charge in [0.05, 0.1) is 18.0 Å². The molecule has 2 rings (SSSR count). The molecule has 6 N–H and O–H groups in total. The average Bonchev–Trinajstić information content (AvgIpc) is 2.86. The molecular weight excluding hydrogens is 431 g/mol. The molecule has 0 amide bonds. The lowest BCUT2D eigenvalue weighted by Crippen LogP contribution is -2.15. The van der Waals surface area contributed by atoms with Crippen LogP contribution in [0.1, 0.15) is 12.6 Å². The number of hydrogen-bond acceptors (Lipinski definition) is 10. The van der Waals surface area contributed by atoms with Crippen LogP contribution in [0.5, 0.6) is 0 Å². The summed E-state index contributed by atoms with van der Waals surface area (Å²) in [6.45, 7) is 1.52. The number of rotatable bonds is 9.